The molecule has 4 heterocycles. The van der Waals surface area contributed by atoms with Crippen LogP contribution >= 0.6 is 0 Å². The van der Waals surface area contributed by atoms with Gasteiger partial charge in [0.05, 0.1) is 35.5 Å². The molecule has 18 heteroatoms. The molecule has 18 nitrogen and oxygen atoms in total. The summed E-state index contributed by atoms with van der Waals surface area (Å²) in [6, 6.07) is 8.63. The number of rotatable bonds is 17. The number of esters is 3. The number of hydrogen-bond donors (Lipinski definition) is 2. The van der Waals surface area contributed by atoms with E-state index in [4.69, 9.17) is 33.2 Å². The third-order valence-electron chi connectivity index (χ3n) is 10.8. The van der Waals surface area contributed by atoms with Gasteiger partial charge in [-0.1, -0.05) is 63.3 Å². The molecule has 4 aliphatic rings. The molecule has 2 aromatic rings. The molecule has 2 aromatic carbocycles. The first-order chi connectivity index (χ1) is 28.8. The van der Waals surface area contributed by atoms with Crippen LogP contribution in [0.2, 0.25) is 0 Å². The molecular weight excluding hydrogens is 788 g/mol. The molecule has 2 fully saturated rings. The molecule has 0 spiro atoms. The molecule has 6 rings (SSSR count). The number of nitrogens with zero attached hydrogens (tertiary/aromatic N) is 2. The van der Waals surface area contributed by atoms with Crippen molar-refractivity contribution in [1.82, 2.24) is 9.80 Å². The molecular formula is C42H50N2O16. The lowest BCUT2D eigenvalue weighted by atomic mass is 9.92. The number of imide groups is 2. The number of hydrogen-bond acceptors (Lipinski definition) is 16. The first-order valence-corrected chi connectivity index (χ1v) is 20.1. The Labute approximate surface area is 345 Å². The summed E-state index contributed by atoms with van der Waals surface area (Å²) >= 11 is 0. The van der Waals surface area contributed by atoms with E-state index in [0.717, 1.165) is 62.7 Å². The van der Waals surface area contributed by atoms with Crippen molar-refractivity contribution in [2.45, 2.75) is 128 Å². The number of amides is 4. The Bertz CT molecular complexity index is 1890. The quantitative estimate of drug-likeness (QED) is 0.101. The summed E-state index contributed by atoms with van der Waals surface area (Å²) in [5, 5.41) is 21.4. The van der Waals surface area contributed by atoms with Gasteiger partial charge in [-0.3, -0.25) is 43.4 Å². The lowest BCUT2D eigenvalue weighted by Crippen LogP contribution is -2.71. The van der Waals surface area contributed by atoms with E-state index >= 15 is 0 Å². The maximum atomic E-state index is 14.1. The van der Waals surface area contributed by atoms with E-state index in [1.165, 1.54) is 36.4 Å². The van der Waals surface area contributed by atoms with Crippen molar-refractivity contribution < 1.29 is 76.9 Å². The van der Waals surface area contributed by atoms with Crippen molar-refractivity contribution >= 4 is 41.5 Å². The van der Waals surface area contributed by atoms with Gasteiger partial charge in [0.1, 0.15) is 30.4 Å². The molecule has 2 saturated heterocycles. The minimum Gasteiger partial charge on any atom is -0.457 e. The molecule has 0 unspecified atom stereocenters. The van der Waals surface area contributed by atoms with E-state index in [-0.39, 0.29) is 28.9 Å². The Morgan fingerprint density at radius 2 is 0.950 bits per heavy atom. The summed E-state index contributed by atoms with van der Waals surface area (Å²) in [7, 11) is 0. The monoisotopic (exact) mass is 838 g/mol. The smallest absolute Gasteiger partial charge is 0.303 e. The van der Waals surface area contributed by atoms with Crippen LogP contribution in [-0.2, 0) is 47.5 Å². The van der Waals surface area contributed by atoms with Crippen LogP contribution in [0.15, 0.2) is 48.5 Å². The van der Waals surface area contributed by atoms with Crippen LogP contribution in [0.5, 0.6) is 0 Å². The van der Waals surface area contributed by atoms with Crippen molar-refractivity contribution in [3.63, 3.8) is 0 Å². The number of unbranched alkanes of at least 4 members (excludes halogenated alkanes) is 5. The summed E-state index contributed by atoms with van der Waals surface area (Å²) in [5.41, 5.74) is 0.0973. The van der Waals surface area contributed by atoms with Gasteiger partial charge >= 0.3 is 17.9 Å². The topological polar surface area (TPSA) is 231 Å². The van der Waals surface area contributed by atoms with Crippen molar-refractivity contribution in [2.24, 2.45) is 0 Å². The number of carbonyl (C=O) groups excluding carboxylic acids is 7. The highest BCUT2D eigenvalue weighted by Crippen LogP contribution is 2.40. The first-order valence-electron chi connectivity index (χ1n) is 20.1. The van der Waals surface area contributed by atoms with E-state index in [2.05, 4.69) is 6.92 Å². The van der Waals surface area contributed by atoms with Crippen molar-refractivity contribution in [3.05, 3.63) is 70.8 Å². The predicted molar refractivity (Wildman–Crippen MR) is 204 cm³/mol. The molecule has 0 aromatic heterocycles. The zero-order chi connectivity index (χ0) is 43.2. The van der Waals surface area contributed by atoms with E-state index in [0.29, 0.717) is 6.42 Å². The fraction of sp³-hybridized carbons (Fsp3) is 0.548. The summed E-state index contributed by atoms with van der Waals surface area (Å²) in [6.07, 6.45) is -7.60. The van der Waals surface area contributed by atoms with Crippen LogP contribution in [0.1, 0.15) is 108 Å². The average Bonchev–Trinajstić information content (AvgIpc) is 3.62. The summed E-state index contributed by atoms with van der Waals surface area (Å²) in [6.45, 7) is 3.67. The van der Waals surface area contributed by atoms with Crippen molar-refractivity contribution in [1.29, 1.82) is 0 Å². The molecule has 10 atom stereocenters. The van der Waals surface area contributed by atoms with Crippen LogP contribution in [0, 0.1) is 0 Å². The lowest BCUT2D eigenvalue weighted by Gasteiger charge is -2.51. The van der Waals surface area contributed by atoms with Gasteiger partial charge in [-0.2, -0.15) is 0 Å². The lowest BCUT2D eigenvalue weighted by molar-refractivity contribution is -0.341. The second kappa shape index (κ2) is 19.5. The van der Waals surface area contributed by atoms with Crippen LogP contribution in [0.3, 0.4) is 0 Å². The highest BCUT2D eigenvalue weighted by Gasteiger charge is 2.61. The number of carbonyl (C=O) groups is 7. The fourth-order valence-corrected chi connectivity index (χ4v) is 8.21. The Balaban J connectivity index is 1.43. The molecule has 4 amide bonds. The van der Waals surface area contributed by atoms with Crippen LogP contribution < -0.4 is 0 Å². The van der Waals surface area contributed by atoms with Gasteiger partial charge in [-0.15, -0.1) is 0 Å². The van der Waals surface area contributed by atoms with Gasteiger partial charge < -0.3 is 43.4 Å². The number of fused-ring (bicyclic) bond motifs is 2. The standard InChI is InChI=1S/C42H50N2O16/c1-5-6-7-8-9-14-19-54-41-31(43-37(50)25-15-10-11-16-26(25)38(43)51)35(56-23(3)48)34(30(21-46)58-41)60-42-32(44-39(52)27-17-12-13-18-28(27)40(44)53)36(57-24(4)49)33(55-22(2)47)29(20-45)59-42/h10-13,15-18,29-36,41-42,45-46H,5-9,14,19-21H2,1-4H3/t29-,30-,31-,32-,33-,34-,35-,36-,41-,42+/m1/s1. The number of aliphatic hydroxyl groups is 2. The summed E-state index contributed by atoms with van der Waals surface area (Å²) in [5.74, 6) is -5.94. The van der Waals surface area contributed by atoms with E-state index in [1.807, 2.05) is 0 Å². The Morgan fingerprint density at radius 1 is 0.567 bits per heavy atom. The van der Waals surface area contributed by atoms with Crippen LogP contribution in [0.4, 0.5) is 0 Å². The molecule has 0 bridgehead atoms. The Kier molecular flexibility index (Phi) is 14.5. The fourth-order valence-electron chi connectivity index (χ4n) is 8.21. The SMILES string of the molecule is CCCCCCCCO[C@@H]1O[C@H](CO)[C@@H](O[C@@H]2O[C@H](CO)[C@@H](OC(C)=O)[C@H](OC(C)=O)[C@H]2N2C(=O)c3ccccc3C2=O)[C@H](OC(C)=O)[C@H]1N1C(=O)c2ccccc2C1=O. The molecule has 4 aliphatic heterocycles. The number of aliphatic hydroxyl groups excluding tert-OH is 2. The Hall–Kier alpha value is -5.11. The van der Waals surface area contributed by atoms with Gasteiger partial charge in [0.25, 0.3) is 23.6 Å². The average molecular weight is 839 g/mol. The number of ether oxygens (including phenoxy) is 7. The summed E-state index contributed by atoms with van der Waals surface area (Å²) in [4.78, 5) is 96.1. The zero-order valence-electron chi connectivity index (χ0n) is 33.8. The van der Waals surface area contributed by atoms with E-state index < -0.39 is 116 Å². The predicted octanol–water partition coefficient (Wildman–Crippen LogP) is 2.31. The first kappa shape index (κ1) is 44.4. The largest absolute Gasteiger partial charge is 0.457 e. The van der Waals surface area contributed by atoms with Gasteiger partial charge in [0.2, 0.25) is 0 Å². The number of benzene rings is 2. The molecule has 60 heavy (non-hydrogen) atoms. The zero-order valence-corrected chi connectivity index (χ0v) is 33.8. The minimum absolute atomic E-state index is 0.0146. The normalized spacial score (nSPS) is 28.7. The molecule has 0 aliphatic carbocycles. The Morgan fingerprint density at radius 3 is 1.40 bits per heavy atom. The summed E-state index contributed by atoms with van der Waals surface area (Å²) < 4.78 is 42.3. The van der Waals surface area contributed by atoms with Gasteiger partial charge in [-0.05, 0) is 30.7 Å². The maximum absolute atomic E-state index is 14.1. The molecule has 0 radical (unpaired) electrons. The van der Waals surface area contributed by atoms with Gasteiger partial charge in [0.15, 0.2) is 30.9 Å². The minimum atomic E-state index is -1.91. The molecule has 324 valence electrons. The van der Waals surface area contributed by atoms with Crippen molar-refractivity contribution in [2.75, 3.05) is 19.8 Å². The van der Waals surface area contributed by atoms with Crippen LogP contribution in [0.25, 0.3) is 0 Å². The maximum Gasteiger partial charge on any atom is 0.303 e. The second-order valence-corrected chi connectivity index (χ2v) is 14.9. The molecule has 2 N–H and O–H groups in total. The van der Waals surface area contributed by atoms with Gasteiger partial charge in [0, 0.05) is 27.4 Å². The highest BCUT2D eigenvalue weighted by atomic mass is 16.7. The second-order valence-electron chi connectivity index (χ2n) is 14.9. The van der Waals surface area contributed by atoms with Gasteiger partial charge in [-0.25, -0.2) is 0 Å². The van der Waals surface area contributed by atoms with Crippen LogP contribution in [-0.4, -0.2) is 143 Å². The third kappa shape index (κ3) is 8.99. The molecule has 0 saturated carbocycles. The highest BCUT2D eigenvalue weighted by molar-refractivity contribution is 6.22. The van der Waals surface area contributed by atoms with E-state index in [9.17, 15) is 43.8 Å². The third-order valence-corrected chi connectivity index (χ3v) is 10.8. The van der Waals surface area contributed by atoms with Crippen molar-refractivity contribution in [3.8, 4) is 0 Å². The van der Waals surface area contributed by atoms with E-state index in [1.54, 1.807) is 12.1 Å².